The Hall–Kier alpha value is -0.220. The Morgan fingerprint density at radius 2 is 2.27 bits per heavy atom. The molecule has 4 heteroatoms. The molecule has 0 aliphatic rings. The number of carbonyl (C=O) groups excluding carboxylic acids is 1. The quantitative estimate of drug-likeness (QED) is 0.501. The van der Waals surface area contributed by atoms with Crippen LogP contribution in [-0.2, 0) is 14.3 Å². The normalized spacial score (nSPS) is 12.6. The molecular weight excluding hydrogens is 164 g/mol. The van der Waals surface area contributed by atoms with Gasteiger partial charge in [0.1, 0.15) is 6.10 Å². The number of hydrogen-bond donors (Lipinski definition) is 1. The fourth-order valence-electron chi connectivity index (χ4n) is 0.643. The molecule has 0 aliphatic heterocycles. The predicted octanol–water partition coefficient (Wildman–Crippen LogP) is 0.884. The molecule has 0 spiro atoms. The smallest absolute Gasteiger partial charge is 0.306 e. The van der Waals surface area contributed by atoms with Gasteiger partial charge in [-0.3, -0.25) is 4.79 Å². The van der Waals surface area contributed by atoms with Gasteiger partial charge in [-0.1, -0.05) is 0 Å². The second kappa shape index (κ2) is 6.49. The van der Waals surface area contributed by atoms with Crippen LogP contribution < -0.4 is 0 Å². The predicted molar refractivity (Wildman–Crippen MR) is 45.9 cm³/mol. The molecule has 0 fully saturated rings. The van der Waals surface area contributed by atoms with Crippen LogP contribution in [0.3, 0.4) is 0 Å². The van der Waals surface area contributed by atoms with Gasteiger partial charge >= 0.3 is 5.97 Å². The van der Waals surface area contributed by atoms with Crippen molar-refractivity contribution in [1.29, 1.82) is 0 Å². The molecule has 0 aliphatic carbocycles. The van der Waals surface area contributed by atoms with E-state index in [2.05, 4.69) is 12.6 Å². The van der Waals surface area contributed by atoms with Crippen LogP contribution in [0.1, 0.15) is 13.3 Å². The molecule has 66 valence electrons. The Kier molecular flexibility index (Phi) is 6.36. The zero-order chi connectivity index (χ0) is 8.69. The number of hydrogen-bond acceptors (Lipinski definition) is 4. The molecule has 0 radical (unpaired) electrons. The molecule has 1 unspecified atom stereocenters. The maximum Gasteiger partial charge on any atom is 0.306 e. The molecule has 0 N–H and O–H groups in total. The zero-order valence-corrected chi connectivity index (χ0v) is 7.77. The largest absolute Gasteiger partial charge is 0.460 e. The van der Waals surface area contributed by atoms with Crippen molar-refractivity contribution in [2.75, 3.05) is 19.5 Å². The Morgan fingerprint density at radius 1 is 1.64 bits per heavy atom. The summed E-state index contributed by atoms with van der Waals surface area (Å²) in [4.78, 5) is 10.8. The summed E-state index contributed by atoms with van der Waals surface area (Å²) in [6.45, 7) is 2.23. The highest BCUT2D eigenvalue weighted by Gasteiger charge is 2.07. The van der Waals surface area contributed by atoms with Crippen LogP contribution in [0.4, 0.5) is 0 Å². The van der Waals surface area contributed by atoms with Crippen LogP contribution in [0.15, 0.2) is 0 Å². The monoisotopic (exact) mass is 178 g/mol. The lowest BCUT2D eigenvalue weighted by molar-refractivity contribution is -0.149. The maximum absolute atomic E-state index is 10.8. The van der Waals surface area contributed by atoms with E-state index in [1.54, 1.807) is 14.0 Å². The second-order valence-corrected chi connectivity index (χ2v) is 2.68. The van der Waals surface area contributed by atoms with E-state index in [1.807, 2.05) is 0 Å². The van der Waals surface area contributed by atoms with Crippen molar-refractivity contribution in [2.45, 2.75) is 19.4 Å². The Balaban J connectivity index is 3.40. The molecule has 0 saturated heterocycles. The van der Waals surface area contributed by atoms with Crippen molar-refractivity contribution in [3.05, 3.63) is 0 Å². The molecule has 0 saturated carbocycles. The summed E-state index contributed by atoms with van der Waals surface area (Å²) in [6, 6.07) is 0. The number of esters is 1. The fourth-order valence-corrected chi connectivity index (χ4v) is 0.826. The van der Waals surface area contributed by atoms with Crippen molar-refractivity contribution < 1.29 is 14.3 Å². The SMILES string of the molecule is COCC(C)OC(=O)CCS. The summed E-state index contributed by atoms with van der Waals surface area (Å²) in [6.07, 6.45) is 0.198. The zero-order valence-electron chi connectivity index (χ0n) is 6.87. The van der Waals surface area contributed by atoms with Gasteiger partial charge in [0, 0.05) is 12.9 Å². The van der Waals surface area contributed by atoms with Gasteiger partial charge < -0.3 is 9.47 Å². The first-order chi connectivity index (χ1) is 5.20. The average molecular weight is 178 g/mol. The van der Waals surface area contributed by atoms with Crippen LogP contribution in [-0.4, -0.2) is 31.5 Å². The third-order valence-corrected chi connectivity index (χ3v) is 1.27. The fraction of sp³-hybridized carbons (Fsp3) is 0.857. The van der Waals surface area contributed by atoms with Gasteiger partial charge in [0.2, 0.25) is 0 Å². The molecule has 0 aromatic carbocycles. The number of thiol groups is 1. The van der Waals surface area contributed by atoms with Gasteiger partial charge in [0.15, 0.2) is 0 Å². The van der Waals surface area contributed by atoms with Crippen LogP contribution >= 0.6 is 12.6 Å². The Bertz CT molecular complexity index is 116. The second-order valence-electron chi connectivity index (χ2n) is 2.23. The first-order valence-electron chi connectivity index (χ1n) is 3.50. The van der Waals surface area contributed by atoms with E-state index in [-0.39, 0.29) is 12.1 Å². The van der Waals surface area contributed by atoms with E-state index < -0.39 is 0 Å². The minimum absolute atomic E-state index is 0.160. The molecule has 0 heterocycles. The number of carbonyl (C=O) groups is 1. The molecule has 3 nitrogen and oxygen atoms in total. The van der Waals surface area contributed by atoms with E-state index in [1.165, 1.54) is 0 Å². The Morgan fingerprint density at radius 3 is 2.73 bits per heavy atom. The van der Waals surface area contributed by atoms with Gasteiger partial charge in [-0.15, -0.1) is 0 Å². The van der Waals surface area contributed by atoms with Gasteiger partial charge in [-0.2, -0.15) is 12.6 Å². The molecule has 0 aromatic rings. The first-order valence-corrected chi connectivity index (χ1v) is 4.13. The minimum Gasteiger partial charge on any atom is -0.460 e. The van der Waals surface area contributed by atoms with Crippen molar-refractivity contribution >= 4 is 18.6 Å². The van der Waals surface area contributed by atoms with Crippen molar-refractivity contribution in [3.63, 3.8) is 0 Å². The summed E-state index contributed by atoms with van der Waals surface area (Å²) in [5.41, 5.74) is 0. The summed E-state index contributed by atoms with van der Waals surface area (Å²) in [5.74, 6) is 0.308. The van der Waals surface area contributed by atoms with Crippen LogP contribution in [0.25, 0.3) is 0 Å². The molecular formula is C7H14O3S. The number of rotatable bonds is 5. The maximum atomic E-state index is 10.8. The molecule has 0 bridgehead atoms. The van der Waals surface area contributed by atoms with Crippen LogP contribution in [0.5, 0.6) is 0 Å². The van der Waals surface area contributed by atoms with E-state index >= 15 is 0 Å². The van der Waals surface area contributed by atoms with Crippen molar-refractivity contribution in [3.8, 4) is 0 Å². The number of ether oxygens (including phenoxy) is 2. The van der Waals surface area contributed by atoms with E-state index in [4.69, 9.17) is 9.47 Å². The third kappa shape index (κ3) is 6.19. The average Bonchev–Trinajstić information content (AvgIpc) is 1.87. The first kappa shape index (κ1) is 10.8. The topological polar surface area (TPSA) is 35.5 Å². The third-order valence-electron chi connectivity index (χ3n) is 1.05. The Labute approximate surface area is 72.5 Å². The summed E-state index contributed by atoms with van der Waals surface area (Å²) >= 11 is 3.90. The van der Waals surface area contributed by atoms with E-state index in [9.17, 15) is 4.79 Å². The standard InChI is InChI=1S/C7H14O3S/c1-6(5-9-2)10-7(8)3-4-11/h6,11H,3-5H2,1-2H3. The molecule has 0 rings (SSSR count). The lowest BCUT2D eigenvalue weighted by Gasteiger charge is -2.10. The van der Waals surface area contributed by atoms with E-state index in [0.29, 0.717) is 18.8 Å². The molecule has 0 aromatic heterocycles. The summed E-state index contributed by atoms with van der Waals surface area (Å²) in [7, 11) is 1.57. The van der Waals surface area contributed by atoms with Gasteiger partial charge in [0.25, 0.3) is 0 Å². The van der Waals surface area contributed by atoms with Crippen LogP contribution in [0, 0.1) is 0 Å². The highest BCUT2D eigenvalue weighted by molar-refractivity contribution is 7.80. The molecule has 1 atom stereocenters. The highest BCUT2D eigenvalue weighted by Crippen LogP contribution is 1.95. The van der Waals surface area contributed by atoms with Crippen molar-refractivity contribution in [1.82, 2.24) is 0 Å². The van der Waals surface area contributed by atoms with Gasteiger partial charge in [0.05, 0.1) is 13.0 Å². The molecule has 0 amide bonds. The van der Waals surface area contributed by atoms with Gasteiger partial charge in [-0.05, 0) is 6.92 Å². The van der Waals surface area contributed by atoms with Gasteiger partial charge in [-0.25, -0.2) is 0 Å². The van der Waals surface area contributed by atoms with Crippen LogP contribution in [0.2, 0.25) is 0 Å². The minimum atomic E-state index is -0.218. The van der Waals surface area contributed by atoms with Crippen molar-refractivity contribution in [2.24, 2.45) is 0 Å². The number of methoxy groups -OCH3 is 1. The highest BCUT2D eigenvalue weighted by atomic mass is 32.1. The lowest BCUT2D eigenvalue weighted by Crippen LogP contribution is -2.19. The summed E-state index contributed by atoms with van der Waals surface area (Å²) in [5, 5.41) is 0. The van der Waals surface area contributed by atoms with E-state index in [0.717, 1.165) is 0 Å². The molecule has 11 heavy (non-hydrogen) atoms. The summed E-state index contributed by atoms with van der Waals surface area (Å²) < 4.78 is 9.70. The lowest BCUT2D eigenvalue weighted by atomic mass is 10.4.